The lowest BCUT2D eigenvalue weighted by atomic mass is 10.0. The fourth-order valence-electron chi connectivity index (χ4n) is 4.72. The van der Waals surface area contributed by atoms with E-state index in [0.29, 0.717) is 11.5 Å². The van der Waals surface area contributed by atoms with Crippen LogP contribution in [0.5, 0.6) is 11.5 Å². The van der Waals surface area contributed by atoms with Gasteiger partial charge in [0.05, 0.1) is 0 Å². The Kier molecular flexibility index (Phi) is 14.2. The first-order chi connectivity index (χ1) is 19.3. The third-order valence-corrected chi connectivity index (χ3v) is 6.90. The molecule has 0 aliphatic carbocycles. The van der Waals surface area contributed by atoms with Gasteiger partial charge in [0.2, 0.25) is 0 Å². The van der Waals surface area contributed by atoms with Crippen LogP contribution in [0, 0.1) is 0 Å². The van der Waals surface area contributed by atoms with E-state index in [0.717, 1.165) is 71.5 Å². The van der Waals surface area contributed by atoms with Crippen LogP contribution in [0.3, 0.4) is 0 Å². The first kappa shape index (κ1) is 35.0. The Balaban J connectivity index is 0.00000308. The number of fused-ring (bicyclic) bond motifs is 2. The van der Waals surface area contributed by atoms with Crippen LogP contribution >= 0.6 is 34.0 Å². The first-order valence-electron chi connectivity index (χ1n) is 13.9. The molecule has 0 bridgehead atoms. The molecule has 0 N–H and O–H groups in total. The molecule has 0 atom stereocenters. The summed E-state index contributed by atoms with van der Waals surface area (Å²) in [5.41, 5.74) is 2.08. The van der Waals surface area contributed by atoms with Gasteiger partial charge in [0.25, 0.3) is 0 Å². The number of halogens is 2. The van der Waals surface area contributed by atoms with Gasteiger partial charge >= 0.3 is 12.2 Å². The summed E-state index contributed by atoms with van der Waals surface area (Å²) in [6, 6.07) is 15.3. The van der Waals surface area contributed by atoms with Gasteiger partial charge in [-0.1, -0.05) is 49.9 Å². The van der Waals surface area contributed by atoms with Crippen molar-refractivity contribution >= 4 is 67.7 Å². The fraction of sp³-hybridized carbons (Fsp3) is 0.375. The van der Waals surface area contributed by atoms with Gasteiger partial charge < -0.3 is 19.3 Å². The second-order valence-corrected chi connectivity index (χ2v) is 10.4. The Morgan fingerprint density at radius 1 is 0.571 bits per heavy atom. The van der Waals surface area contributed by atoms with Gasteiger partial charge in [-0.25, -0.2) is 9.59 Å². The van der Waals surface area contributed by atoms with Crippen LogP contribution in [-0.4, -0.2) is 60.1 Å². The van der Waals surface area contributed by atoms with Crippen LogP contribution in [0.1, 0.15) is 49.9 Å². The molecular formula is C32H40Br2N4O4. The van der Waals surface area contributed by atoms with E-state index in [4.69, 9.17) is 9.47 Å². The Hall–Kier alpha value is -3.24. The highest BCUT2D eigenvalue weighted by Crippen LogP contribution is 2.29. The monoisotopic (exact) mass is 702 g/mol. The number of aromatic nitrogens is 2. The number of hydrogen-bond donors (Lipinski definition) is 0. The predicted molar refractivity (Wildman–Crippen MR) is 179 cm³/mol. The minimum Gasteiger partial charge on any atom is -0.410 e. The number of carbonyl (C=O) groups excluding carboxylic acids is 2. The molecular weight excluding hydrogens is 664 g/mol. The number of hydrogen-bond acceptors (Lipinski definition) is 6. The molecule has 4 aromatic rings. The summed E-state index contributed by atoms with van der Waals surface area (Å²) in [7, 11) is 6.68. The lowest BCUT2D eigenvalue weighted by Crippen LogP contribution is -2.25. The van der Waals surface area contributed by atoms with Crippen molar-refractivity contribution in [2.75, 3.05) is 28.2 Å². The number of ether oxygens (including phenoxy) is 2. The van der Waals surface area contributed by atoms with E-state index < -0.39 is 12.2 Å². The van der Waals surface area contributed by atoms with Crippen molar-refractivity contribution in [2.45, 2.75) is 51.4 Å². The molecule has 0 fully saturated rings. The van der Waals surface area contributed by atoms with E-state index in [1.165, 1.54) is 22.6 Å². The van der Waals surface area contributed by atoms with Crippen molar-refractivity contribution in [3.63, 3.8) is 0 Å². The topological polar surface area (TPSA) is 84.9 Å². The molecule has 2 aromatic carbocycles. The largest absolute Gasteiger partial charge is 0.414 e. The van der Waals surface area contributed by atoms with Gasteiger partial charge in [0.1, 0.15) is 11.5 Å². The zero-order valence-electron chi connectivity index (χ0n) is 24.7. The Labute approximate surface area is 268 Å². The van der Waals surface area contributed by atoms with Crippen LogP contribution in [0.15, 0.2) is 60.9 Å². The summed E-state index contributed by atoms with van der Waals surface area (Å²) >= 11 is 0. The van der Waals surface area contributed by atoms with Crippen LogP contribution in [0.2, 0.25) is 0 Å². The van der Waals surface area contributed by atoms with E-state index in [1.54, 1.807) is 40.6 Å². The molecule has 226 valence electrons. The summed E-state index contributed by atoms with van der Waals surface area (Å²) in [5.74, 6) is 1.12. The van der Waals surface area contributed by atoms with E-state index in [2.05, 4.69) is 9.97 Å². The maximum atomic E-state index is 12.0. The molecule has 2 heterocycles. The molecule has 42 heavy (non-hydrogen) atoms. The average Bonchev–Trinajstić information content (AvgIpc) is 2.94. The minimum absolute atomic E-state index is 0. The van der Waals surface area contributed by atoms with Crippen molar-refractivity contribution in [3.8, 4) is 11.5 Å². The summed E-state index contributed by atoms with van der Waals surface area (Å²) in [4.78, 5) is 36.1. The zero-order valence-corrected chi connectivity index (χ0v) is 28.1. The standard InChI is InChI=1S/C32H38N4O4.2BrH/c1-35(2)31(37)39-29-17-11-13-23-25(29)19-21-33-27(23)15-9-7-5-6-8-10-16-28-24-14-12-18-30(26(24)20-22-34-28)40-32(38)36(3)4;;/h11-14,17-22H,5-10,15-16H2,1-4H3;2*1H. The Morgan fingerprint density at radius 2 is 0.952 bits per heavy atom. The molecule has 2 aromatic heterocycles. The maximum absolute atomic E-state index is 12.0. The quantitative estimate of drug-likeness (QED) is 0.147. The molecule has 0 saturated heterocycles. The molecule has 10 heteroatoms. The van der Waals surface area contributed by atoms with E-state index in [1.807, 2.05) is 48.5 Å². The van der Waals surface area contributed by atoms with Crippen molar-refractivity contribution in [1.82, 2.24) is 19.8 Å². The van der Waals surface area contributed by atoms with Gasteiger partial charge in [-0.05, 0) is 49.9 Å². The molecule has 0 aliphatic heterocycles. The lowest BCUT2D eigenvalue weighted by molar-refractivity contribution is 0.171. The van der Waals surface area contributed by atoms with Crippen LogP contribution < -0.4 is 9.47 Å². The summed E-state index contributed by atoms with van der Waals surface area (Å²) in [5, 5.41) is 3.89. The SMILES string of the molecule is Br.Br.CN(C)C(=O)Oc1cccc2c(CCCCCCCCc3nccc4c(OC(=O)N(C)C)cccc34)nccc12. The zero-order chi connectivity index (χ0) is 28.5. The highest BCUT2D eigenvalue weighted by molar-refractivity contribution is 8.93. The van der Waals surface area contributed by atoms with Gasteiger partial charge in [-0.3, -0.25) is 9.97 Å². The second-order valence-electron chi connectivity index (χ2n) is 10.4. The molecule has 0 spiro atoms. The molecule has 0 radical (unpaired) electrons. The van der Waals surface area contributed by atoms with Crippen molar-refractivity contribution in [1.29, 1.82) is 0 Å². The van der Waals surface area contributed by atoms with Crippen molar-refractivity contribution < 1.29 is 19.1 Å². The predicted octanol–water partition coefficient (Wildman–Crippen LogP) is 8.19. The normalized spacial score (nSPS) is 10.5. The van der Waals surface area contributed by atoms with E-state index in [9.17, 15) is 9.59 Å². The second kappa shape index (κ2) is 17.0. The number of aryl methyl sites for hydroxylation is 2. The number of unbranched alkanes of at least 4 members (excludes halogenated alkanes) is 5. The van der Waals surface area contributed by atoms with Gasteiger partial charge in [0, 0.05) is 73.5 Å². The molecule has 2 amide bonds. The Morgan fingerprint density at radius 3 is 1.33 bits per heavy atom. The Bertz CT molecular complexity index is 1370. The molecule has 0 unspecified atom stereocenters. The summed E-state index contributed by atoms with van der Waals surface area (Å²) in [6.45, 7) is 0. The fourth-order valence-corrected chi connectivity index (χ4v) is 4.72. The third-order valence-electron chi connectivity index (χ3n) is 6.90. The van der Waals surface area contributed by atoms with Gasteiger partial charge in [-0.2, -0.15) is 0 Å². The number of carbonyl (C=O) groups is 2. The van der Waals surface area contributed by atoms with Crippen LogP contribution in [0.4, 0.5) is 9.59 Å². The minimum atomic E-state index is -0.391. The maximum Gasteiger partial charge on any atom is 0.414 e. The van der Waals surface area contributed by atoms with E-state index >= 15 is 0 Å². The molecule has 4 rings (SSSR count). The highest BCUT2D eigenvalue weighted by Gasteiger charge is 2.13. The van der Waals surface area contributed by atoms with E-state index in [-0.39, 0.29) is 34.0 Å². The van der Waals surface area contributed by atoms with Crippen LogP contribution in [0.25, 0.3) is 21.5 Å². The summed E-state index contributed by atoms with van der Waals surface area (Å²) < 4.78 is 11.1. The van der Waals surface area contributed by atoms with Crippen LogP contribution in [-0.2, 0) is 12.8 Å². The first-order valence-corrected chi connectivity index (χ1v) is 13.9. The highest BCUT2D eigenvalue weighted by atomic mass is 79.9. The molecule has 0 saturated carbocycles. The molecule has 0 aliphatic rings. The number of benzene rings is 2. The number of amides is 2. The molecule has 8 nitrogen and oxygen atoms in total. The number of pyridine rings is 2. The van der Waals surface area contributed by atoms with Gasteiger partial charge in [0.15, 0.2) is 0 Å². The summed E-state index contributed by atoms with van der Waals surface area (Å²) in [6.07, 6.45) is 11.3. The van der Waals surface area contributed by atoms with Gasteiger partial charge in [-0.15, -0.1) is 34.0 Å². The van der Waals surface area contributed by atoms with Crippen molar-refractivity contribution in [2.24, 2.45) is 0 Å². The third kappa shape index (κ3) is 9.13. The average molecular weight is 705 g/mol. The number of rotatable bonds is 11. The number of nitrogens with zero attached hydrogens (tertiary/aromatic N) is 4. The smallest absolute Gasteiger partial charge is 0.410 e. The lowest BCUT2D eigenvalue weighted by Gasteiger charge is -2.13. The van der Waals surface area contributed by atoms with Crippen molar-refractivity contribution in [3.05, 3.63) is 72.3 Å².